The number of amides is 1. The van der Waals surface area contributed by atoms with E-state index in [0.29, 0.717) is 6.54 Å². The molecule has 1 aliphatic carbocycles. The second-order valence-corrected chi connectivity index (χ2v) is 8.10. The van der Waals surface area contributed by atoms with Crippen molar-refractivity contribution < 1.29 is 14.3 Å². The highest BCUT2D eigenvalue weighted by Gasteiger charge is 2.33. The Kier molecular flexibility index (Phi) is 6.93. The van der Waals surface area contributed by atoms with Gasteiger partial charge in [0.1, 0.15) is 16.9 Å². The molecule has 1 amide bonds. The van der Waals surface area contributed by atoms with E-state index in [9.17, 15) is 4.79 Å². The Hall–Kier alpha value is -1.67. The first-order valence-corrected chi connectivity index (χ1v) is 10.3. The number of fused-ring (bicyclic) bond motifs is 1. The van der Waals surface area contributed by atoms with Gasteiger partial charge in [0.25, 0.3) is 0 Å². The number of rotatable bonds is 5. The Morgan fingerprint density at radius 3 is 2.79 bits per heavy atom. The van der Waals surface area contributed by atoms with E-state index in [0.717, 1.165) is 54.1 Å². The van der Waals surface area contributed by atoms with Crippen molar-refractivity contribution in [2.24, 2.45) is 5.73 Å². The van der Waals surface area contributed by atoms with Crippen LogP contribution in [-0.4, -0.2) is 36.8 Å². The van der Waals surface area contributed by atoms with Crippen LogP contribution >= 0.6 is 23.7 Å². The number of aryl methyl sites for hydroxylation is 1. The van der Waals surface area contributed by atoms with Crippen LogP contribution in [0.4, 0.5) is 0 Å². The molecule has 28 heavy (non-hydrogen) atoms. The largest absolute Gasteiger partial charge is 0.497 e. The average Bonchev–Trinajstić information content (AvgIpc) is 3.35. The summed E-state index contributed by atoms with van der Waals surface area (Å²) in [7, 11) is 1.66. The van der Waals surface area contributed by atoms with Gasteiger partial charge in [-0.2, -0.15) is 0 Å². The fourth-order valence-electron chi connectivity index (χ4n) is 3.75. The summed E-state index contributed by atoms with van der Waals surface area (Å²) in [5.41, 5.74) is 7.83. The number of carbonyl (C=O) groups is 1. The Morgan fingerprint density at radius 2 is 2.11 bits per heavy atom. The van der Waals surface area contributed by atoms with Crippen molar-refractivity contribution in [3.8, 4) is 16.3 Å². The van der Waals surface area contributed by atoms with Gasteiger partial charge in [-0.1, -0.05) is 0 Å². The van der Waals surface area contributed by atoms with Gasteiger partial charge < -0.3 is 20.5 Å². The number of nitrogens with zero attached hydrogens (tertiary/aromatic N) is 1. The molecule has 0 radical (unpaired) electrons. The molecule has 1 fully saturated rings. The van der Waals surface area contributed by atoms with Crippen molar-refractivity contribution in [2.45, 2.75) is 50.4 Å². The molecule has 3 atom stereocenters. The van der Waals surface area contributed by atoms with E-state index < -0.39 is 0 Å². The second-order valence-electron chi connectivity index (χ2n) is 7.07. The Bertz CT molecular complexity index is 812. The molecule has 3 N–H and O–H groups in total. The van der Waals surface area contributed by atoms with Crippen molar-refractivity contribution >= 4 is 29.7 Å². The Balaban J connectivity index is 0.00000225. The van der Waals surface area contributed by atoms with Gasteiger partial charge in [-0.25, -0.2) is 4.98 Å². The molecule has 2 heterocycles. The third-order valence-electron chi connectivity index (χ3n) is 5.27. The van der Waals surface area contributed by atoms with E-state index in [1.807, 2.05) is 24.3 Å². The minimum Gasteiger partial charge on any atom is -0.497 e. The molecule has 1 saturated heterocycles. The Labute approximate surface area is 175 Å². The van der Waals surface area contributed by atoms with Crippen LogP contribution in [-0.2, 0) is 16.0 Å². The maximum Gasteiger partial charge on any atom is 0.249 e. The summed E-state index contributed by atoms with van der Waals surface area (Å²) in [6.45, 7) is 0.470. The van der Waals surface area contributed by atoms with E-state index in [4.69, 9.17) is 20.2 Å². The number of methoxy groups -OCH3 is 1. The maximum absolute atomic E-state index is 12.6. The predicted octanol–water partition coefficient (Wildman–Crippen LogP) is 3.24. The lowest BCUT2D eigenvalue weighted by molar-refractivity contribution is -0.132. The standard InChI is InChI=1S/C20H25N3O3S.ClH/c1-25-13-7-5-12(6-8-13)20-23-16-4-2-3-15(18(16)27-20)22-19(24)17-10-9-14(11-21)26-17;/h5-8,14-15,17H,2-4,9-11,21H2,1H3,(H,22,24);1H/t14-,15?,17+;/m1./s1. The van der Waals surface area contributed by atoms with E-state index in [2.05, 4.69) is 5.32 Å². The summed E-state index contributed by atoms with van der Waals surface area (Å²) >= 11 is 1.67. The smallest absolute Gasteiger partial charge is 0.249 e. The third-order valence-corrected chi connectivity index (χ3v) is 6.53. The minimum atomic E-state index is -0.377. The zero-order chi connectivity index (χ0) is 18.8. The molecule has 8 heteroatoms. The summed E-state index contributed by atoms with van der Waals surface area (Å²) in [6.07, 6.45) is 4.16. The fraction of sp³-hybridized carbons (Fsp3) is 0.500. The molecule has 0 saturated carbocycles. The molecule has 1 aliphatic heterocycles. The lowest BCUT2D eigenvalue weighted by Gasteiger charge is -2.24. The number of nitrogens with two attached hydrogens (primary N) is 1. The van der Waals surface area contributed by atoms with Crippen LogP contribution in [0.25, 0.3) is 10.6 Å². The van der Waals surface area contributed by atoms with Gasteiger partial charge in [0, 0.05) is 12.1 Å². The summed E-state index contributed by atoms with van der Waals surface area (Å²) < 4.78 is 11.0. The molecular weight excluding hydrogens is 398 g/mol. The van der Waals surface area contributed by atoms with Gasteiger partial charge in [-0.3, -0.25) is 4.79 Å². The molecule has 152 valence electrons. The van der Waals surface area contributed by atoms with Crippen molar-refractivity contribution in [3.63, 3.8) is 0 Å². The number of benzene rings is 1. The minimum absolute atomic E-state index is 0. The van der Waals surface area contributed by atoms with Crippen LogP contribution in [0.1, 0.15) is 42.3 Å². The van der Waals surface area contributed by atoms with Crippen molar-refractivity contribution in [2.75, 3.05) is 13.7 Å². The zero-order valence-corrected chi connectivity index (χ0v) is 17.5. The first kappa shape index (κ1) is 21.0. The molecule has 1 aromatic carbocycles. The third kappa shape index (κ3) is 4.33. The van der Waals surface area contributed by atoms with Gasteiger partial charge in [0.05, 0.1) is 29.8 Å². The van der Waals surface area contributed by atoms with Crippen LogP contribution in [0, 0.1) is 0 Å². The molecule has 1 unspecified atom stereocenters. The Morgan fingerprint density at radius 1 is 1.32 bits per heavy atom. The zero-order valence-electron chi connectivity index (χ0n) is 15.8. The monoisotopic (exact) mass is 423 g/mol. The number of halogens is 1. The first-order valence-electron chi connectivity index (χ1n) is 9.48. The lowest BCUT2D eigenvalue weighted by Crippen LogP contribution is -2.38. The van der Waals surface area contributed by atoms with Gasteiger partial charge in [-0.15, -0.1) is 23.7 Å². The highest BCUT2D eigenvalue weighted by molar-refractivity contribution is 7.15. The fourth-order valence-corrected chi connectivity index (χ4v) is 4.95. The molecule has 2 aliphatic rings. The molecular formula is C20H26ClN3O3S. The molecule has 4 rings (SSSR count). The number of carbonyl (C=O) groups excluding carboxylic acids is 1. The first-order chi connectivity index (χ1) is 13.2. The van der Waals surface area contributed by atoms with Crippen LogP contribution in [0.15, 0.2) is 24.3 Å². The highest BCUT2D eigenvalue weighted by atomic mass is 35.5. The summed E-state index contributed by atoms with van der Waals surface area (Å²) in [5.74, 6) is 0.806. The average molecular weight is 424 g/mol. The van der Waals surface area contributed by atoms with Gasteiger partial charge in [-0.05, 0) is 56.4 Å². The van der Waals surface area contributed by atoms with E-state index in [-0.39, 0.29) is 36.6 Å². The molecule has 0 bridgehead atoms. The van der Waals surface area contributed by atoms with Crippen molar-refractivity contribution in [1.29, 1.82) is 0 Å². The molecule has 6 nitrogen and oxygen atoms in total. The van der Waals surface area contributed by atoms with Gasteiger partial charge in [0.15, 0.2) is 0 Å². The van der Waals surface area contributed by atoms with Crippen LogP contribution in [0.3, 0.4) is 0 Å². The van der Waals surface area contributed by atoms with Crippen LogP contribution in [0.2, 0.25) is 0 Å². The van der Waals surface area contributed by atoms with E-state index in [1.165, 1.54) is 4.88 Å². The van der Waals surface area contributed by atoms with Crippen LogP contribution < -0.4 is 15.8 Å². The van der Waals surface area contributed by atoms with Crippen LogP contribution in [0.5, 0.6) is 5.75 Å². The van der Waals surface area contributed by atoms with Crippen molar-refractivity contribution in [1.82, 2.24) is 10.3 Å². The number of thiazole rings is 1. The summed E-state index contributed by atoms with van der Waals surface area (Å²) in [5, 5.41) is 4.18. The lowest BCUT2D eigenvalue weighted by atomic mass is 9.97. The normalized spacial score (nSPS) is 23.6. The number of hydrogen-bond donors (Lipinski definition) is 2. The number of nitrogens with one attached hydrogen (secondary N) is 1. The predicted molar refractivity (Wildman–Crippen MR) is 112 cm³/mol. The SMILES string of the molecule is COc1ccc(-c2nc3c(s2)C(NC(=O)[C@@H]2CC[C@H](CN)O2)CCC3)cc1.Cl. The topological polar surface area (TPSA) is 86.5 Å². The number of ether oxygens (including phenoxy) is 2. The van der Waals surface area contributed by atoms with Gasteiger partial charge >= 0.3 is 0 Å². The highest BCUT2D eigenvalue weighted by Crippen LogP contribution is 2.38. The maximum atomic E-state index is 12.6. The summed E-state index contributed by atoms with van der Waals surface area (Å²) in [6, 6.07) is 7.96. The molecule has 0 spiro atoms. The number of aromatic nitrogens is 1. The quantitative estimate of drug-likeness (QED) is 0.770. The molecule has 1 aromatic heterocycles. The second kappa shape index (κ2) is 9.22. The van der Waals surface area contributed by atoms with Gasteiger partial charge in [0.2, 0.25) is 5.91 Å². The van der Waals surface area contributed by atoms with E-state index >= 15 is 0 Å². The van der Waals surface area contributed by atoms with Crippen molar-refractivity contribution in [3.05, 3.63) is 34.8 Å². The molecule has 2 aromatic rings. The van der Waals surface area contributed by atoms with E-state index in [1.54, 1.807) is 18.4 Å². The number of hydrogen-bond acceptors (Lipinski definition) is 6. The summed E-state index contributed by atoms with van der Waals surface area (Å²) in [4.78, 5) is 18.6.